The number of nitrogens with one attached hydrogen (secondary N) is 1. The molecule has 5 heteroatoms. The number of piperidine rings is 1. The maximum absolute atomic E-state index is 12.1. The largest absolute Gasteiger partial charge is 0.445 e. The van der Waals surface area contributed by atoms with Crippen LogP contribution < -0.4 is 5.32 Å². The predicted octanol–water partition coefficient (Wildman–Crippen LogP) is 2.80. The van der Waals surface area contributed by atoms with Gasteiger partial charge >= 0.3 is 6.09 Å². The monoisotopic (exact) mass is 354 g/mol. The Balaban J connectivity index is 1.47. The molecule has 2 aromatic carbocycles. The van der Waals surface area contributed by atoms with Crippen molar-refractivity contribution in [2.24, 2.45) is 5.92 Å². The lowest BCUT2D eigenvalue weighted by Crippen LogP contribution is -2.52. The van der Waals surface area contributed by atoms with E-state index in [0.29, 0.717) is 0 Å². The number of hydrogen-bond donors (Lipinski definition) is 2. The van der Waals surface area contributed by atoms with Gasteiger partial charge in [0.05, 0.1) is 0 Å². The van der Waals surface area contributed by atoms with E-state index in [9.17, 15) is 9.90 Å². The average Bonchev–Trinajstić information content (AvgIpc) is 2.69. The summed E-state index contributed by atoms with van der Waals surface area (Å²) < 4.78 is 5.30. The van der Waals surface area contributed by atoms with Gasteiger partial charge < -0.3 is 15.2 Å². The molecular formula is C21H26N2O3. The number of carbonyl (C=O) groups is 1. The summed E-state index contributed by atoms with van der Waals surface area (Å²) >= 11 is 0. The van der Waals surface area contributed by atoms with E-state index in [1.807, 2.05) is 48.5 Å². The van der Waals surface area contributed by atoms with E-state index in [2.05, 4.69) is 22.3 Å². The van der Waals surface area contributed by atoms with E-state index in [1.165, 1.54) is 5.56 Å². The second-order valence-electron chi connectivity index (χ2n) is 6.76. The van der Waals surface area contributed by atoms with Crippen molar-refractivity contribution in [3.05, 3.63) is 71.8 Å². The summed E-state index contributed by atoms with van der Waals surface area (Å²) in [5.41, 5.74) is 2.22. The summed E-state index contributed by atoms with van der Waals surface area (Å²) in [6.07, 6.45) is 0.382. The Hall–Kier alpha value is -2.37. The number of benzene rings is 2. The average molecular weight is 354 g/mol. The molecule has 2 atom stereocenters. The molecule has 1 heterocycles. The zero-order chi connectivity index (χ0) is 18.2. The van der Waals surface area contributed by atoms with Gasteiger partial charge in [-0.05, 0) is 17.5 Å². The molecule has 0 radical (unpaired) electrons. The first-order valence-electron chi connectivity index (χ1n) is 9.09. The maximum atomic E-state index is 12.1. The highest BCUT2D eigenvalue weighted by Gasteiger charge is 2.30. The van der Waals surface area contributed by atoms with Crippen LogP contribution in [0.25, 0.3) is 0 Å². The Labute approximate surface area is 154 Å². The first-order valence-corrected chi connectivity index (χ1v) is 9.09. The lowest BCUT2D eigenvalue weighted by Gasteiger charge is -2.37. The Bertz CT molecular complexity index is 678. The Morgan fingerprint density at radius 2 is 1.73 bits per heavy atom. The van der Waals surface area contributed by atoms with Crippen molar-refractivity contribution < 1.29 is 14.6 Å². The molecular weight excluding hydrogens is 328 g/mol. The van der Waals surface area contributed by atoms with Gasteiger partial charge in [0.2, 0.25) is 0 Å². The van der Waals surface area contributed by atoms with Crippen LogP contribution in [0.15, 0.2) is 60.7 Å². The molecule has 5 nitrogen and oxygen atoms in total. The number of aliphatic hydroxyl groups excluding tert-OH is 1. The summed E-state index contributed by atoms with van der Waals surface area (Å²) in [4.78, 5) is 14.4. The second kappa shape index (κ2) is 9.36. The molecule has 1 amide bonds. The number of ether oxygens (including phenoxy) is 1. The fraction of sp³-hybridized carbons (Fsp3) is 0.381. The maximum Gasteiger partial charge on any atom is 0.407 e. The summed E-state index contributed by atoms with van der Waals surface area (Å²) in [5.74, 6) is 0.0109. The van der Waals surface area contributed by atoms with Crippen LogP contribution in [0.2, 0.25) is 0 Å². The normalized spacial score (nSPS) is 20.5. The van der Waals surface area contributed by atoms with Crippen LogP contribution in [-0.2, 0) is 17.9 Å². The molecule has 1 fully saturated rings. The fourth-order valence-corrected chi connectivity index (χ4v) is 3.38. The molecule has 2 aromatic rings. The van der Waals surface area contributed by atoms with Crippen LogP contribution in [-0.4, -0.2) is 41.8 Å². The van der Waals surface area contributed by atoms with E-state index in [1.54, 1.807) is 0 Å². The molecule has 0 spiro atoms. The van der Waals surface area contributed by atoms with Gasteiger partial charge in [0.1, 0.15) is 6.61 Å². The number of nitrogens with zero attached hydrogens (tertiary/aromatic N) is 1. The zero-order valence-electron chi connectivity index (χ0n) is 14.9. The third-order valence-electron chi connectivity index (χ3n) is 4.82. The van der Waals surface area contributed by atoms with Gasteiger partial charge in [0.15, 0.2) is 0 Å². The van der Waals surface area contributed by atoms with Crippen molar-refractivity contribution in [3.63, 3.8) is 0 Å². The third-order valence-corrected chi connectivity index (χ3v) is 4.82. The Kier molecular flexibility index (Phi) is 6.63. The summed E-state index contributed by atoms with van der Waals surface area (Å²) in [5, 5.41) is 12.7. The second-order valence-corrected chi connectivity index (χ2v) is 6.76. The SMILES string of the molecule is O=C(N[C@@H]1CCN(Cc2ccccc2)C[C@H]1CO)OCc1ccccc1. The van der Waals surface area contributed by atoms with Crippen LogP contribution in [0.3, 0.4) is 0 Å². The minimum Gasteiger partial charge on any atom is -0.445 e. The van der Waals surface area contributed by atoms with Crippen LogP contribution in [0.5, 0.6) is 0 Å². The molecule has 1 saturated heterocycles. The van der Waals surface area contributed by atoms with E-state index in [-0.39, 0.29) is 25.2 Å². The quantitative estimate of drug-likeness (QED) is 0.837. The van der Waals surface area contributed by atoms with Gasteiger partial charge in [0, 0.05) is 38.2 Å². The highest BCUT2D eigenvalue weighted by atomic mass is 16.5. The number of rotatable bonds is 6. The van der Waals surface area contributed by atoms with Gasteiger partial charge in [-0.1, -0.05) is 60.7 Å². The van der Waals surface area contributed by atoms with Crippen molar-refractivity contribution in [1.82, 2.24) is 10.2 Å². The smallest absolute Gasteiger partial charge is 0.407 e. The van der Waals surface area contributed by atoms with Gasteiger partial charge in [0.25, 0.3) is 0 Å². The van der Waals surface area contributed by atoms with Gasteiger partial charge in [-0.25, -0.2) is 4.79 Å². The predicted molar refractivity (Wildman–Crippen MR) is 100 cm³/mol. The molecule has 138 valence electrons. The number of alkyl carbamates (subject to hydrolysis) is 1. The number of likely N-dealkylation sites (tertiary alicyclic amines) is 1. The van der Waals surface area contributed by atoms with Crippen molar-refractivity contribution in [1.29, 1.82) is 0 Å². The first kappa shape index (κ1) is 18.4. The van der Waals surface area contributed by atoms with E-state index in [4.69, 9.17) is 4.74 Å². The van der Waals surface area contributed by atoms with Crippen molar-refractivity contribution >= 4 is 6.09 Å². The van der Waals surface area contributed by atoms with E-state index >= 15 is 0 Å². The third kappa shape index (κ3) is 5.31. The minimum atomic E-state index is -0.422. The van der Waals surface area contributed by atoms with Crippen LogP contribution in [0, 0.1) is 5.92 Å². The van der Waals surface area contributed by atoms with Crippen LogP contribution in [0.4, 0.5) is 4.79 Å². The number of amides is 1. The fourth-order valence-electron chi connectivity index (χ4n) is 3.38. The van der Waals surface area contributed by atoms with Gasteiger partial charge in [-0.2, -0.15) is 0 Å². The summed E-state index contributed by atoms with van der Waals surface area (Å²) in [7, 11) is 0. The van der Waals surface area contributed by atoms with Crippen LogP contribution >= 0.6 is 0 Å². The van der Waals surface area contributed by atoms with Crippen LogP contribution in [0.1, 0.15) is 17.5 Å². The van der Waals surface area contributed by atoms with Crippen molar-refractivity contribution in [2.45, 2.75) is 25.6 Å². The Morgan fingerprint density at radius 1 is 1.08 bits per heavy atom. The molecule has 0 bridgehead atoms. The first-order chi connectivity index (χ1) is 12.7. The summed E-state index contributed by atoms with van der Waals surface area (Å²) in [6.45, 7) is 2.81. The molecule has 1 aliphatic heterocycles. The topological polar surface area (TPSA) is 61.8 Å². The molecule has 2 N–H and O–H groups in total. The van der Waals surface area contributed by atoms with Gasteiger partial charge in [-0.15, -0.1) is 0 Å². The highest BCUT2D eigenvalue weighted by molar-refractivity contribution is 5.67. The van der Waals surface area contributed by atoms with Gasteiger partial charge in [-0.3, -0.25) is 4.90 Å². The highest BCUT2D eigenvalue weighted by Crippen LogP contribution is 2.19. The number of hydrogen-bond acceptors (Lipinski definition) is 4. The van der Waals surface area contributed by atoms with Crippen molar-refractivity contribution in [3.8, 4) is 0 Å². The number of carbonyl (C=O) groups excluding carboxylic acids is 1. The van der Waals surface area contributed by atoms with E-state index < -0.39 is 6.09 Å². The van der Waals surface area contributed by atoms with E-state index in [0.717, 1.165) is 31.6 Å². The molecule has 3 rings (SSSR count). The summed E-state index contributed by atoms with van der Waals surface area (Å²) in [6, 6.07) is 19.9. The minimum absolute atomic E-state index is 0.0109. The molecule has 0 aliphatic carbocycles. The van der Waals surface area contributed by atoms with Crippen molar-refractivity contribution in [2.75, 3.05) is 19.7 Å². The molecule has 0 unspecified atom stereocenters. The lowest BCUT2D eigenvalue weighted by atomic mass is 9.92. The standard InChI is InChI=1S/C21H26N2O3/c24-15-19-14-23(13-17-7-3-1-4-8-17)12-11-20(19)22-21(25)26-16-18-9-5-2-6-10-18/h1-10,19-20,24H,11-16H2,(H,22,25)/t19-,20+/m0/s1. The lowest BCUT2D eigenvalue weighted by molar-refractivity contribution is 0.0761. The molecule has 0 aromatic heterocycles. The molecule has 1 aliphatic rings. The molecule has 26 heavy (non-hydrogen) atoms. The zero-order valence-corrected chi connectivity index (χ0v) is 14.9. The molecule has 0 saturated carbocycles. The number of aliphatic hydroxyl groups is 1. The Morgan fingerprint density at radius 3 is 2.38 bits per heavy atom.